The van der Waals surface area contributed by atoms with E-state index in [-0.39, 0.29) is 17.4 Å². The Morgan fingerprint density at radius 2 is 1.94 bits per heavy atom. The summed E-state index contributed by atoms with van der Waals surface area (Å²) >= 11 is 7.65. The Morgan fingerprint density at radius 1 is 1.12 bits per heavy atom. The molecule has 4 rings (SSSR count). The fourth-order valence-corrected chi connectivity index (χ4v) is 4.74. The number of rotatable bonds is 6. The number of urea groups is 1. The maximum atomic E-state index is 12.8. The van der Waals surface area contributed by atoms with E-state index in [1.807, 2.05) is 49.4 Å². The number of anilines is 2. The van der Waals surface area contributed by atoms with Crippen molar-refractivity contribution in [1.82, 2.24) is 10.6 Å². The van der Waals surface area contributed by atoms with Crippen molar-refractivity contribution in [1.29, 1.82) is 0 Å². The molecule has 3 aromatic carbocycles. The minimum atomic E-state index is -0.359. The Labute approximate surface area is 201 Å². The van der Waals surface area contributed by atoms with Crippen LogP contribution >= 0.6 is 23.4 Å². The number of nitrogens with one attached hydrogen (secondary N) is 4. The van der Waals surface area contributed by atoms with Gasteiger partial charge < -0.3 is 26.0 Å². The highest BCUT2D eigenvalue weighted by Gasteiger charge is 2.24. The number of ether oxygens (including phenoxy) is 1. The molecule has 0 saturated heterocycles. The smallest absolute Gasteiger partial charge is 0.317 e. The summed E-state index contributed by atoms with van der Waals surface area (Å²) in [4.78, 5) is 26.0. The van der Waals surface area contributed by atoms with E-state index in [1.165, 1.54) is 11.8 Å². The zero-order valence-electron chi connectivity index (χ0n) is 18.1. The molecule has 1 aliphatic rings. The predicted octanol–water partition coefficient (Wildman–Crippen LogP) is 5.21. The van der Waals surface area contributed by atoms with Gasteiger partial charge in [-0.05, 0) is 42.8 Å². The third-order valence-corrected chi connectivity index (χ3v) is 6.51. The second-order valence-corrected chi connectivity index (χ2v) is 8.93. The molecule has 170 valence electrons. The summed E-state index contributed by atoms with van der Waals surface area (Å²) in [6.45, 7) is 2.23. The van der Waals surface area contributed by atoms with Crippen molar-refractivity contribution in [2.75, 3.05) is 17.7 Å². The number of benzene rings is 3. The maximum Gasteiger partial charge on any atom is 0.317 e. The molecule has 0 aromatic heterocycles. The van der Waals surface area contributed by atoms with Crippen molar-refractivity contribution in [3.05, 3.63) is 82.4 Å². The van der Waals surface area contributed by atoms with E-state index >= 15 is 0 Å². The second kappa shape index (κ2) is 10.1. The van der Waals surface area contributed by atoms with Crippen LogP contribution in [0.3, 0.4) is 0 Å². The van der Waals surface area contributed by atoms with Gasteiger partial charge in [0.25, 0.3) is 5.91 Å². The molecule has 0 radical (unpaired) electrons. The molecule has 7 nitrogen and oxygen atoms in total. The van der Waals surface area contributed by atoms with Crippen molar-refractivity contribution in [3.8, 4) is 5.75 Å². The molecule has 0 spiro atoms. The molecule has 0 aliphatic carbocycles. The van der Waals surface area contributed by atoms with Crippen LogP contribution in [0.15, 0.2) is 65.6 Å². The van der Waals surface area contributed by atoms with Crippen LogP contribution in [0, 0.1) is 6.92 Å². The van der Waals surface area contributed by atoms with Gasteiger partial charge in [0, 0.05) is 22.6 Å². The first kappa shape index (κ1) is 22.8. The van der Waals surface area contributed by atoms with Gasteiger partial charge in [-0.25, -0.2) is 4.79 Å². The Morgan fingerprint density at radius 3 is 2.73 bits per heavy atom. The van der Waals surface area contributed by atoms with Gasteiger partial charge in [0.15, 0.2) is 5.50 Å². The highest BCUT2D eigenvalue weighted by atomic mass is 35.5. The lowest BCUT2D eigenvalue weighted by molar-refractivity contribution is 0.102. The summed E-state index contributed by atoms with van der Waals surface area (Å²) in [6.07, 6.45) is 0. The molecule has 1 atom stereocenters. The molecule has 33 heavy (non-hydrogen) atoms. The number of thioether (sulfide) groups is 1. The fraction of sp³-hybridized carbons (Fsp3) is 0.167. The standard InChI is InChI=1S/C24H23ClN4O3S/c1-14-6-5-8-17(25)21(14)28-22(30)15-10-11-18-20(12-15)33-24(27-18)29-23(31)26-13-16-7-3-4-9-19(16)32-2/h3-12,24,27H,13H2,1-2H3,(H,28,30)(H2,26,29,31). The molecule has 0 bridgehead atoms. The van der Waals surface area contributed by atoms with Crippen LogP contribution in [0.25, 0.3) is 0 Å². The average Bonchev–Trinajstić information content (AvgIpc) is 3.21. The van der Waals surface area contributed by atoms with Crippen molar-refractivity contribution in [3.63, 3.8) is 0 Å². The summed E-state index contributed by atoms with van der Waals surface area (Å²) in [5, 5.41) is 12.3. The van der Waals surface area contributed by atoms with Gasteiger partial charge in [-0.1, -0.05) is 53.7 Å². The molecule has 0 saturated carbocycles. The zero-order chi connectivity index (χ0) is 23.4. The van der Waals surface area contributed by atoms with Crippen LogP contribution in [-0.2, 0) is 6.54 Å². The molecule has 4 N–H and O–H groups in total. The van der Waals surface area contributed by atoms with Crippen LogP contribution in [0.2, 0.25) is 5.02 Å². The summed E-state index contributed by atoms with van der Waals surface area (Å²) in [7, 11) is 1.60. The zero-order valence-corrected chi connectivity index (χ0v) is 19.6. The number of hydrogen-bond donors (Lipinski definition) is 4. The third-order valence-electron chi connectivity index (χ3n) is 5.13. The molecule has 1 heterocycles. The van der Waals surface area contributed by atoms with Crippen LogP contribution in [-0.4, -0.2) is 24.5 Å². The maximum absolute atomic E-state index is 12.8. The number of amides is 3. The number of fused-ring (bicyclic) bond motifs is 1. The van der Waals surface area contributed by atoms with Crippen LogP contribution in [0.5, 0.6) is 5.75 Å². The van der Waals surface area contributed by atoms with E-state index in [0.717, 1.165) is 27.5 Å². The van der Waals surface area contributed by atoms with Crippen LogP contribution in [0.1, 0.15) is 21.5 Å². The number of carbonyl (C=O) groups is 2. The summed E-state index contributed by atoms with van der Waals surface area (Å²) in [5.74, 6) is 0.469. The second-order valence-electron chi connectivity index (χ2n) is 7.38. The van der Waals surface area contributed by atoms with Crippen molar-refractivity contribution in [2.24, 2.45) is 0 Å². The lowest BCUT2D eigenvalue weighted by atomic mass is 10.1. The van der Waals surface area contributed by atoms with Gasteiger partial charge in [-0.2, -0.15) is 0 Å². The van der Waals surface area contributed by atoms with E-state index in [4.69, 9.17) is 16.3 Å². The Bertz CT molecular complexity index is 1180. The summed E-state index contributed by atoms with van der Waals surface area (Å²) < 4.78 is 5.31. The first-order valence-electron chi connectivity index (χ1n) is 10.2. The molecular formula is C24H23ClN4O3S. The van der Waals surface area contributed by atoms with Gasteiger partial charge in [-0.3, -0.25) is 4.79 Å². The van der Waals surface area contributed by atoms with Gasteiger partial charge in [0.05, 0.1) is 23.5 Å². The molecule has 3 amide bonds. The van der Waals surface area contributed by atoms with Crippen molar-refractivity contribution >= 4 is 46.7 Å². The van der Waals surface area contributed by atoms with E-state index in [1.54, 1.807) is 25.3 Å². The van der Waals surface area contributed by atoms with Crippen molar-refractivity contribution in [2.45, 2.75) is 23.9 Å². The largest absolute Gasteiger partial charge is 0.496 e. The third kappa shape index (κ3) is 5.35. The molecule has 3 aromatic rings. The molecule has 1 aliphatic heterocycles. The number of aryl methyl sites for hydroxylation is 1. The van der Waals surface area contributed by atoms with Gasteiger partial charge in [0.1, 0.15) is 5.75 Å². The topological polar surface area (TPSA) is 91.5 Å². The van der Waals surface area contributed by atoms with Crippen molar-refractivity contribution < 1.29 is 14.3 Å². The highest BCUT2D eigenvalue weighted by molar-refractivity contribution is 8.00. The Hall–Kier alpha value is -3.36. The van der Waals surface area contributed by atoms with Gasteiger partial charge in [0.2, 0.25) is 0 Å². The van der Waals surface area contributed by atoms with E-state index in [0.29, 0.717) is 22.8 Å². The fourth-order valence-electron chi connectivity index (χ4n) is 3.41. The number of carbonyl (C=O) groups excluding carboxylic acids is 2. The van der Waals surface area contributed by atoms with Gasteiger partial charge in [-0.15, -0.1) is 0 Å². The Balaban J connectivity index is 1.35. The quantitative estimate of drug-likeness (QED) is 0.387. The molecular weight excluding hydrogens is 460 g/mol. The molecule has 1 unspecified atom stereocenters. The molecule has 9 heteroatoms. The Kier molecular flexibility index (Phi) is 6.96. The van der Waals surface area contributed by atoms with E-state index in [9.17, 15) is 9.59 Å². The van der Waals surface area contributed by atoms with E-state index < -0.39 is 0 Å². The summed E-state index contributed by atoms with van der Waals surface area (Å²) in [5.41, 5.74) is 3.36. The van der Waals surface area contributed by atoms with E-state index in [2.05, 4.69) is 21.3 Å². The number of methoxy groups -OCH3 is 1. The number of halogens is 1. The molecule has 0 fully saturated rings. The normalized spacial score (nSPS) is 14.1. The number of hydrogen-bond acceptors (Lipinski definition) is 5. The minimum Gasteiger partial charge on any atom is -0.496 e. The lowest BCUT2D eigenvalue weighted by Gasteiger charge is -2.14. The summed E-state index contributed by atoms with van der Waals surface area (Å²) in [6, 6.07) is 18.0. The lowest BCUT2D eigenvalue weighted by Crippen LogP contribution is -2.42. The van der Waals surface area contributed by atoms with Gasteiger partial charge >= 0.3 is 6.03 Å². The minimum absolute atomic E-state index is 0.249. The predicted molar refractivity (Wildman–Crippen MR) is 132 cm³/mol. The highest BCUT2D eigenvalue weighted by Crippen LogP contribution is 2.38. The average molecular weight is 483 g/mol. The monoisotopic (exact) mass is 482 g/mol. The van der Waals surface area contributed by atoms with Crippen LogP contribution in [0.4, 0.5) is 16.2 Å². The first-order valence-corrected chi connectivity index (χ1v) is 11.5. The number of para-hydroxylation sites is 2. The first-order chi connectivity index (χ1) is 15.9. The van der Waals surface area contributed by atoms with Crippen LogP contribution < -0.4 is 26.0 Å². The SMILES string of the molecule is COc1ccccc1CNC(=O)NC1Nc2ccc(C(=O)Nc3c(C)cccc3Cl)cc2S1.